The lowest BCUT2D eigenvalue weighted by Crippen LogP contribution is -2.57. The maximum atomic E-state index is 6.12. The molecule has 0 aromatic heterocycles. The predicted octanol–water partition coefficient (Wildman–Crippen LogP) is 1.38. The molecule has 56 valence electrons. The fourth-order valence-corrected chi connectivity index (χ4v) is 4.28. The molecule has 0 aromatic carbocycles. The summed E-state index contributed by atoms with van der Waals surface area (Å²) in [4.78, 5) is 0. The highest BCUT2D eigenvalue weighted by atomic mass is 15.0. The minimum Gasteiger partial charge on any atom is -0.327 e. The first kappa shape index (κ1) is 5.59. The summed E-state index contributed by atoms with van der Waals surface area (Å²) in [5.74, 6) is 2.04. The largest absolute Gasteiger partial charge is 0.327 e. The molecule has 10 heavy (non-hydrogen) atoms. The van der Waals surface area contributed by atoms with Gasteiger partial charge in [0.15, 0.2) is 0 Å². The molecule has 3 saturated carbocycles. The lowest BCUT2D eigenvalue weighted by Gasteiger charge is -2.50. The van der Waals surface area contributed by atoms with E-state index in [2.05, 4.69) is 13.8 Å². The number of hydrogen-bond acceptors (Lipinski definition) is 1. The zero-order chi connectivity index (χ0) is 7.15. The highest BCUT2D eigenvalue weighted by molar-refractivity contribution is 5.34. The van der Waals surface area contributed by atoms with Crippen LogP contribution < -0.4 is 5.73 Å². The molecule has 5 unspecified atom stereocenters. The Hall–Kier alpha value is -0.0400. The number of fused-ring (bicyclic) bond motifs is 1. The maximum absolute atomic E-state index is 6.12. The Morgan fingerprint density at radius 2 is 2.10 bits per heavy atom. The average Bonchev–Trinajstić information content (AvgIpc) is 2.29. The molecule has 0 bridgehead atoms. The minimum absolute atomic E-state index is 0.531. The van der Waals surface area contributed by atoms with E-state index < -0.39 is 0 Å². The lowest BCUT2D eigenvalue weighted by atomic mass is 9.57. The maximum Gasteiger partial charge on any atom is 0.0156 e. The van der Waals surface area contributed by atoms with Gasteiger partial charge in [-0.1, -0.05) is 13.8 Å². The van der Waals surface area contributed by atoms with E-state index in [-0.39, 0.29) is 0 Å². The van der Waals surface area contributed by atoms with Crippen molar-refractivity contribution in [2.75, 3.05) is 0 Å². The molecule has 0 aliphatic heterocycles. The van der Waals surface area contributed by atoms with Crippen LogP contribution in [0.2, 0.25) is 0 Å². The average molecular weight is 137 g/mol. The van der Waals surface area contributed by atoms with Crippen molar-refractivity contribution >= 4 is 0 Å². The van der Waals surface area contributed by atoms with Crippen LogP contribution in [0.5, 0.6) is 0 Å². The Morgan fingerprint density at radius 3 is 2.40 bits per heavy atom. The summed E-state index contributed by atoms with van der Waals surface area (Å²) in [6.07, 6.45) is 2.87. The van der Waals surface area contributed by atoms with E-state index in [1.807, 2.05) is 0 Å². The SMILES string of the molecule is CC12CCC3C1C3(C)C2N. The van der Waals surface area contributed by atoms with Gasteiger partial charge in [0, 0.05) is 6.04 Å². The van der Waals surface area contributed by atoms with Crippen LogP contribution in [0.15, 0.2) is 0 Å². The first-order valence-corrected chi connectivity index (χ1v) is 4.37. The van der Waals surface area contributed by atoms with Gasteiger partial charge in [0.1, 0.15) is 0 Å². The molecule has 0 saturated heterocycles. The molecule has 0 aromatic rings. The normalized spacial score (nSPS) is 76.5. The number of hydrogen-bond donors (Lipinski definition) is 1. The zero-order valence-electron chi connectivity index (χ0n) is 6.72. The van der Waals surface area contributed by atoms with Gasteiger partial charge >= 0.3 is 0 Å². The van der Waals surface area contributed by atoms with Crippen LogP contribution in [0.3, 0.4) is 0 Å². The van der Waals surface area contributed by atoms with E-state index >= 15 is 0 Å². The third kappa shape index (κ3) is 0.268. The van der Waals surface area contributed by atoms with Crippen LogP contribution in [0, 0.1) is 22.7 Å². The summed E-state index contributed by atoms with van der Waals surface area (Å²) in [6, 6.07) is 0.531. The van der Waals surface area contributed by atoms with Crippen LogP contribution >= 0.6 is 0 Å². The Labute approximate surface area is 62.0 Å². The van der Waals surface area contributed by atoms with Crippen molar-refractivity contribution in [3.63, 3.8) is 0 Å². The second kappa shape index (κ2) is 1.08. The van der Waals surface area contributed by atoms with Crippen molar-refractivity contribution in [3.8, 4) is 0 Å². The lowest BCUT2D eigenvalue weighted by molar-refractivity contribution is 0.0220. The number of rotatable bonds is 0. The second-order valence-corrected chi connectivity index (χ2v) is 4.97. The highest BCUT2D eigenvalue weighted by Gasteiger charge is 2.84. The first-order chi connectivity index (χ1) is 4.62. The van der Waals surface area contributed by atoms with Gasteiger partial charge in [-0.05, 0) is 35.5 Å². The molecule has 0 amide bonds. The van der Waals surface area contributed by atoms with Gasteiger partial charge in [-0.2, -0.15) is 0 Å². The van der Waals surface area contributed by atoms with E-state index in [9.17, 15) is 0 Å². The van der Waals surface area contributed by atoms with Gasteiger partial charge in [-0.3, -0.25) is 0 Å². The van der Waals surface area contributed by atoms with Crippen LogP contribution in [-0.4, -0.2) is 6.04 Å². The monoisotopic (exact) mass is 137 g/mol. The van der Waals surface area contributed by atoms with Crippen molar-refractivity contribution in [1.82, 2.24) is 0 Å². The van der Waals surface area contributed by atoms with Crippen LogP contribution in [0.4, 0.5) is 0 Å². The first-order valence-electron chi connectivity index (χ1n) is 4.37. The summed E-state index contributed by atoms with van der Waals surface area (Å²) in [7, 11) is 0. The third-order valence-electron chi connectivity index (χ3n) is 4.85. The van der Waals surface area contributed by atoms with Crippen molar-refractivity contribution in [3.05, 3.63) is 0 Å². The minimum atomic E-state index is 0.531. The Kier molecular flexibility index (Phi) is 0.602. The second-order valence-electron chi connectivity index (χ2n) is 4.97. The molecular formula is C9H15N. The molecule has 2 N–H and O–H groups in total. The summed E-state index contributed by atoms with van der Waals surface area (Å²) in [6.45, 7) is 4.77. The standard InChI is InChI=1S/C9H15N/c1-8-4-3-5-6(8)9(5,2)7(8)10/h5-7H,3-4,10H2,1-2H3. The van der Waals surface area contributed by atoms with Crippen molar-refractivity contribution in [2.45, 2.75) is 32.7 Å². The quantitative estimate of drug-likeness (QED) is 0.536. The van der Waals surface area contributed by atoms with E-state index in [0.717, 1.165) is 11.8 Å². The van der Waals surface area contributed by atoms with Crippen molar-refractivity contribution in [1.29, 1.82) is 0 Å². The molecule has 0 heterocycles. The molecule has 3 aliphatic rings. The molecule has 0 radical (unpaired) electrons. The van der Waals surface area contributed by atoms with Gasteiger partial charge in [-0.25, -0.2) is 0 Å². The Balaban J connectivity index is 2.07. The fourth-order valence-electron chi connectivity index (χ4n) is 4.28. The van der Waals surface area contributed by atoms with Gasteiger partial charge in [0.2, 0.25) is 0 Å². The summed E-state index contributed by atoms with van der Waals surface area (Å²) >= 11 is 0. The molecule has 1 nitrogen and oxygen atoms in total. The van der Waals surface area contributed by atoms with Crippen molar-refractivity contribution < 1.29 is 0 Å². The topological polar surface area (TPSA) is 26.0 Å². The number of nitrogens with two attached hydrogens (primary N) is 1. The molecule has 3 aliphatic carbocycles. The van der Waals surface area contributed by atoms with E-state index in [4.69, 9.17) is 5.73 Å². The Morgan fingerprint density at radius 1 is 1.40 bits per heavy atom. The van der Waals surface area contributed by atoms with Crippen LogP contribution in [-0.2, 0) is 0 Å². The van der Waals surface area contributed by atoms with E-state index in [1.165, 1.54) is 12.8 Å². The smallest absolute Gasteiger partial charge is 0.0156 e. The van der Waals surface area contributed by atoms with E-state index in [0.29, 0.717) is 16.9 Å². The van der Waals surface area contributed by atoms with Gasteiger partial charge in [0.05, 0.1) is 0 Å². The van der Waals surface area contributed by atoms with Crippen molar-refractivity contribution in [2.24, 2.45) is 28.4 Å². The molecule has 3 rings (SSSR count). The van der Waals surface area contributed by atoms with Gasteiger partial charge in [0.25, 0.3) is 0 Å². The third-order valence-corrected chi connectivity index (χ3v) is 4.85. The summed E-state index contributed by atoms with van der Waals surface area (Å²) in [5.41, 5.74) is 7.29. The molecule has 0 spiro atoms. The molecule has 3 fully saturated rings. The van der Waals surface area contributed by atoms with E-state index in [1.54, 1.807) is 0 Å². The highest BCUT2D eigenvalue weighted by Crippen LogP contribution is 2.85. The zero-order valence-corrected chi connectivity index (χ0v) is 6.72. The molecular weight excluding hydrogens is 122 g/mol. The van der Waals surface area contributed by atoms with Crippen LogP contribution in [0.1, 0.15) is 26.7 Å². The van der Waals surface area contributed by atoms with Crippen LogP contribution in [0.25, 0.3) is 0 Å². The summed E-state index contributed by atoms with van der Waals surface area (Å²) < 4.78 is 0. The molecule has 5 atom stereocenters. The Bertz CT molecular complexity index is 203. The fraction of sp³-hybridized carbons (Fsp3) is 1.00. The predicted molar refractivity (Wildman–Crippen MR) is 40.4 cm³/mol. The summed E-state index contributed by atoms with van der Waals surface area (Å²) in [5, 5.41) is 0. The van der Waals surface area contributed by atoms with Gasteiger partial charge in [-0.15, -0.1) is 0 Å². The molecule has 1 heteroatoms. The van der Waals surface area contributed by atoms with Gasteiger partial charge < -0.3 is 5.73 Å².